The topological polar surface area (TPSA) is 63.9 Å². The Kier molecular flexibility index (Phi) is 8.70. The van der Waals surface area contributed by atoms with Gasteiger partial charge in [0, 0.05) is 29.2 Å². The molecular weight excluding hydrogens is 609 g/mol. The molecule has 1 aromatic heterocycles. The minimum absolute atomic E-state index is 0.0275. The van der Waals surface area contributed by atoms with Crippen LogP contribution in [0.15, 0.2) is 106 Å². The number of allylic oxidation sites excluding steroid dienone is 1. The summed E-state index contributed by atoms with van der Waals surface area (Å²) in [7, 11) is 0. The Labute approximate surface area is 269 Å². The fourth-order valence-corrected chi connectivity index (χ4v) is 6.84. The maximum absolute atomic E-state index is 14.4. The molecule has 6 nitrogen and oxygen atoms in total. The summed E-state index contributed by atoms with van der Waals surface area (Å²) in [6.45, 7) is 6.76. The molecule has 1 atom stereocenters. The zero-order chi connectivity index (χ0) is 31.7. The van der Waals surface area contributed by atoms with Crippen molar-refractivity contribution in [2.75, 3.05) is 13.1 Å². The van der Waals surface area contributed by atoms with Gasteiger partial charge in [-0.2, -0.15) is 0 Å². The number of hydrogen-bond donors (Lipinski definition) is 0. The highest BCUT2D eigenvalue weighted by Crippen LogP contribution is 2.33. The maximum Gasteiger partial charge on any atom is 0.271 e. The van der Waals surface area contributed by atoms with Crippen molar-refractivity contribution in [3.63, 3.8) is 0 Å². The molecule has 0 N–H and O–H groups in total. The number of nitrogens with zero attached hydrogens (tertiary/aromatic N) is 3. The number of likely N-dealkylation sites (N-methyl/N-ethyl adjacent to an activating group) is 1. The van der Waals surface area contributed by atoms with Gasteiger partial charge in [-0.3, -0.25) is 14.2 Å². The van der Waals surface area contributed by atoms with E-state index in [0.717, 1.165) is 16.3 Å². The van der Waals surface area contributed by atoms with Crippen molar-refractivity contribution >= 4 is 45.7 Å². The monoisotopic (exact) mass is 639 g/mol. The predicted octanol–water partition coefficient (Wildman–Crippen LogP) is 6.63. The summed E-state index contributed by atoms with van der Waals surface area (Å²) in [6, 6.07) is 24.6. The minimum atomic E-state index is -0.682. The Balaban J connectivity index is 1.54. The van der Waals surface area contributed by atoms with Gasteiger partial charge in [-0.1, -0.05) is 83.6 Å². The van der Waals surface area contributed by atoms with Gasteiger partial charge in [-0.05, 0) is 67.4 Å². The summed E-state index contributed by atoms with van der Waals surface area (Å²) in [6.07, 6.45) is 1.81. The lowest BCUT2D eigenvalue weighted by Crippen LogP contribution is -2.43. The number of aromatic nitrogens is 1. The van der Waals surface area contributed by atoms with E-state index >= 15 is 0 Å². The second kappa shape index (κ2) is 12.8. The molecule has 0 saturated carbocycles. The summed E-state index contributed by atoms with van der Waals surface area (Å²) in [5.74, 6) is 0.0137. The average molecular weight is 640 g/mol. The Morgan fingerprint density at radius 1 is 1.02 bits per heavy atom. The Bertz CT molecular complexity index is 2130. The highest BCUT2D eigenvalue weighted by Gasteiger charge is 2.34. The van der Waals surface area contributed by atoms with Gasteiger partial charge in [0.1, 0.15) is 18.2 Å². The largest absolute Gasteiger partial charge is 0.488 e. The molecule has 0 saturated heterocycles. The van der Waals surface area contributed by atoms with Crippen LogP contribution in [0.1, 0.15) is 43.5 Å². The molecule has 0 fully saturated rings. The van der Waals surface area contributed by atoms with Crippen LogP contribution < -0.4 is 19.6 Å². The lowest BCUT2D eigenvalue weighted by Gasteiger charge is -2.29. The first-order valence-corrected chi connectivity index (χ1v) is 15.9. The van der Waals surface area contributed by atoms with Crippen LogP contribution in [-0.2, 0) is 11.4 Å². The number of rotatable bonds is 8. The maximum atomic E-state index is 14.4. The number of benzene rings is 4. The van der Waals surface area contributed by atoms with Crippen LogP contribution in [0, 0.1) is 5.82 Å². The molecule has 5 aromatic rings. The van der Waals surface area contributed by atoms with Gasteiger partial charge < -0.3 is 9.64 Å². The van der Waals surface area contributed by atoms with Crippen molar-refractivity contribution in [1.82, 2.24) is 9.47 Å². The van der Waals surface area contributed by atoms with E-state index in [2.05, 4.69) is 0 Å². The summed E-state index contributed by atoms with van der Waals surface area (Å²) in [5.41, 5.74) is 2.64. The number of halogens is 2. The van der Waals surface area contributed by atoms with Gasteiger partial charge in [-0.15, -0.1) is 0 Å². The lowest BCUT2D eigenvalue weighted by molar-refractivity contribution is -0.127. The Morgan fingerprint density at radius 3 is 2.47 bits per heavy atom. The molecule has 0 spiro atoms. The van der Waals surface area contributed by atoms with Crippen molar-refractivity contribution in [1.29, 1.82) is 0 Å². The third-order valence-corrected chi connectivity index (χ3v) is 9.27. The smallest absolute Gasteiger partial charge is 0.271 e. The van der Waals surface area contributed by atoms with Gasteiger partial charge in [0.25, 0.3) is 11.5 Å². The summed E-state index contributed by atoms with van der Waals surface area (Å²) >= 11 is 7.48. The number of fused-ring (bicyclic) bond motifs is 2. The standard InChI is InChI=1S/C36H31ClFN3O3S/c1-4-40(5-2)35(43)32-22(3)39-36-41(33(32)24-14-17-26(37)18-15-24)34(42)31(45-36)20-28-27-12-8-6-10-23(27)16-19-30(28)44-21-25-11-7-9-13-29(25)38/h6-20,33H,4-5,21H2,1-3H3/b31-20+/t33-/m1/s1. The second-order valence-electron chi connectivity index (χ2n) is 10.7. The highest BCUT2D eigenvalue weighted by molar-refractivity contribution is 7.07. The first kappa shape index (κ1) is 30.5. The molecule has 0 aliphatic carbocycles. The predicted molar refractivity (Wildman–Crippen MR) is 178 cm³/mol. The van der Waals surface area contributed by atoms with Crippen molar-refractivity contribution in [2.24, 2.45) is 4.99 Å². The molecule has 6 rings (SSSR count). The van der Waals surface area contributed by atoms with Crippen LogP contribution in [0.2, 0.25) is 5.02 Å². The molecule has 45 heavy (non-hydrogen) atoms. The SMILES string of the molecule is CCN(CC)C(=O)C1=C(C)N=c2s/c(=C/c3c(OCc4ccccc4F)ccc4ccccc34)c(=O)n2[C@@H]1c1ccc(Cl)cc1. The normalized spacial score (nSPS) is 14.8. The third-order valence-electron chi connectivity index (χ3n) is 8.04. The van der Waals surface area contributed by atoms with Crippen molar-refractivity contribution in [3.8, 4) is 5.75 Å². The van der Waals surface area contributed by atoms with E-state index in [1.165, 1.54) is 17.4 Å². The fraction of sp³-hybridized carbons (Fsp3) is 0.194. The van der Waals surface area contributed by atoms with E-state index in [-0.39, 0.29) is 23.9 Å². The molecule has 1 aliphatic rings. The average Bonchev–Trinajstić information content (AvgIpc) is 3.35. The number of amides is 1. The van der Waals surface area contributed by atoms with Crippen LogP contribution in [-0.4, -0.2) is 28.5 Å². The van der Waals surface area contributed by atoms with Gasteiger partial charge >= 0.3 is 0 Å². The highest BCUT2D eigenvalue weighted by atomic mass is 35.5. The van der Waals surface area contributed by atoms with Crippen LogP contribution in [0.3, 0.4) is 0 Å². The molecular formula is C36H31ClFN3O3S. The summed E-state index contributed by atoms with van der Waals surface area (Å²) in [4.78, 5) is 35.2. The molecule has 1 amide bonds. The molecule has 0 radical (unpaired) electrons. The second-order valence-corrected chi connectivity index (χ2v) is 12.1. The molecule has 228 valence electrons. The number of hydrogen-bond acceptors (Lipinski definition) is 5. The number of carbonyl (C=O) groups is 1. The van der Waals surface area contributed by atoms with Crippen LogP contribution >= 0.6 is 22.9 Å². The van der Waals surface area contributed by atoms with Crippen molar-refractivity contribution in [3.05, 3.63) is 143 Å². The summed E-state index contributed by atoms with van der Waals surface area (Å²) < 4.78 is 22.6. The molecule has 9 heteroatoms. The van der Waals surface area contributed by atoms with Gasteiger partial charge in [0.2, 0.25) is 0 Å². The summed E-state index contributed by atoms with van der Waals surface area (Å²) in [5, 5.41) is 2.41. The van der Waals surface area contributed by atoms with Crippen LogP contribution in [0.25, 0.3) is 16.8 Å². The first-order chi connectivity index (χ1) is 21.8. The Hall–Kier alpha value is -4.53. The molecule has 1 aliphatic heterocycles. The molecule has 0 unspecified atom stereocenters. The number of carbonyl (C=O) groups excluding carboxylic acids is 1. The first-order valence-electron chi connectivity index (χ1n) is 14.8. The third kappa shape index (κ3) is 5.83. The lowest BCUT2D eigenvalue weighted by atomic mass is 9.94. The number of thiazole rings is 1. The molecule has 2 heterocycles. The van der Waals surface area contributed by atoms with E-state index < -0.39 is 6.04 Å². The quantitative estimate of drug-likeness (QED) is 0.192. The van der Waals surface area contributed by atoms with E-state index in [1.807, 2.05) is 75.4 Å². The van der Waals surface area contributed by atoms with E-state index in [0.29, 0.717) is 55.6 Å². The molecule has 0 bridgehead atoms. The fourth-order valence-electron chi connectivity index (χ4n) is 5.69. The number of ether oxygens (including phenoxy) is 1. The zero-order valence-electron chi connectivity index (χ0n) is 25.1. The zero-order valence-corrected chi connectivity index (χ0v) is 26.7. The minimum Gasteiger partial charge on any atom is -0.488 e. The molecule has 4 aromatic carbocycles. The van der Waals surface area contributed by atoms with Crippen LogP contribution in [0.4, 0.5) is 4.39 Å². The van der Waals surface area contributed by atoms with E-state index in [9.17, 15) is 14.0 Å². The van der Waals surface area contributed by atoms with E-state index in [1.54, 1.807) is 39.8 Å². The van der Waals surface area contributed by atoms with Crippen molar-refractivity contribution in [2.45, 2.75) is 33.4 Å². The van der Waals surface area contributed by atoms with Crippen LogP contribution in [0.5, 0.6) is 5.75 Å². The Morgan fingerprint density at radius 2 is 1.73 bits per heavy atom. The van der Waals surface area contributed by atoms with Crippen molar-refractivity contribution < 1.29 is 13.9 Å². The van der Waals surface area contributed by atoms with Gasteiger partial charge in [-0.25, -0.2) is 9.38 Å². The van der Waals surface area contributed by atoms with E-state index in [4.69, 9.17) is 21.3 Å². The van der Waals surface area contributed by atoms with Gasteiger partial charge in [0.05, 0.1) is 21.8 Å². The van der Waals surface area contributed by atoms with Gasteiger partial charge in [0.15, 0.2) is 4.80 Å².